The highest BCUT2D eigenvalue weighted by Gasteiger charge is 2.24. The molecule has 8 heteroatoms. The molecule has 2 aromatic rings. The Morgan fingerprint density at radius 2 is 1.77 bits per heavy atom. The molecule has 0 bridgehead atoms. The quantitative estimate of drug-likeness (QED) is 0.443. The van der Waals surface area contributed by atoms with Gasteiger partial charge in [0.1, 0.15) is 12.4 Å². The first kappa shape index (κ1) is 23.6. The monoisotopic (exact) mass is 433 g/mol. The molecular formula is C22H27NO6S. The van der Waals surface area contributed by atoms with Crippen molar-refractivity contribution in [2.75, 3.05) is 13.7 Å². The fourth-order valence-corrected chi connectivity index (χ4v) is 4.08. The predicted molar refractivity (Wildman–Crippen MR) is 113 cm³/mol. The van der Waals surface area contributed by atoms with E-state index in [1.165, 1.54) is 42.5 Å². The van der Waals surface area contributed by atoms with E-state index in [2.05, 4.69) is 0 Å². The number of benzene rings is 2. The van der Waals surface area contributed by atoms with Crippen molar-refractivity contribution in [2.45, 2.75) is 45.2 Å². The molecule has 162 valence electrons. The Labute approximate surface area is 177 Å². The second-order valence-electron chi connectivity index (χ2n) is 7.03. The zero-order valence-electron chi connectivity index (χ0n) is 17.8. The van der Waals surface area contributed by atoms with Crippen LogP contribution in [0.25, 0.3) is 0 Å². The van der Waals surface area contributed by atoms with Gasteiger partial charge in [0, 0.05) is 24.2 Å². The molecule has 0 spiro atoms. The molecule has 0 aliphatic rings. The van der Waals surface area contributed by atoms with E-state index in [9.17, 15) is 18.0 Å². The van der Waals surface area contributed by atoms with Crippen LogP contribution in [0.5, 0.6) is 5.75 Å². The lowest BCUT2D eigenvalue weighted by Crippen LogP contribution is -2.33. The van der Waals surface area contributed by atoms with E-state index in [1.54, 1.807) is 32.0 Å². The summed E-state index contributed by atoms with van der Waals surface area (Å²) in [5.74, 6) is -0.266. The SMILES string of the molecule is CCOc1ccc(C(C)=O)cc1COC(=O)c1cccc(S(=O)(=O)N(C)C(C)C)c1. The number of carbonyl (C=O) groups is 2. The number of esters is 1. The number of hydrogen-bond donors (Lipinski definition) is 0. The van der Waals surface area contributed by atoms with Crippen LogP contribution in [0.4, 0.5) is 0 Å². The Morgan fingerprint density at radius 3 is 2.37 bits per heavy atom. The lowest BCUT2D eigenvalue weighted by molar-refractivity contribution is 0.0469. The summed E-state index contributed by atoms with van der Waals surface area (Å²) >= 11 is 0. The van der Waals surface area contributed by atoms with Gasteiger partial charge in [-0.05, 0) is 64.1 Å². The molecule has 2 aromatic carbocycles. The van der Waals surface area contributed by atoms with Gasteiger partial charge in [0.05, 0.1) is 17.1 Å². The Hall–Kier alpha value is -2.71. The maximum absolute atomic E-state index is 12.7. The molecule has 0 aliphatic carbocycles. The minimum Gasteiger partial charge on any atom is -0.493 e. The van der Waals surface area contributed by atoms with Crippen LogP contribution >= 0.6 is 0 Å². The Balaban J connectivity index is 2.24. The third-order valence-electron chi connectivity index (χ3n) is 4.60. The van der Waals surface area contributed by atoms with Gasteiger partial charge in [-0.1, -0.05) is 6.07 Å². The highest BCUT2D eigenvalue weighted by Crippen LogP contribution is 2.23. The average Bonchev–Trinajstić information content (AvgIpc) is 2.72. The van der Waals surface area contributed by atoms with Crippen molar-refractivity contribution in [2.24, 2.45) is 0 Å². The van der Waals surface area contributed by atoms with Gasteiger partial charge in [-0.25, -0.2) is 13.2 Å². The molecule has 0 N–H and O–H groups in total. The van der Waals surface area contributed by atoms with Crippen molar-refractivity contribution in [1.82, 2.24) is 4.31 Å². The fraction of sp³-hybridized carbons (Fsp3) is 0.364. The number of ether oxygens (including phenoxy) is 2. The van der Waals surface area contributed by atoms with Gasteiger partial charge >= 0.3 is 5.97 Å². The smallest absolute Gasteiger partial charge is 0.338 e. The van der Waals surface area contributed by atoms with E-state index in [4.69, 9.17) is 9.47 Å². The normalized spacial score (nSPS) is 11.6. The molecule has 0 amide bonds. The van der Waals surface area contributed by atoms with E-state index in [0.29, 0.717) is 23.5 Å². The fourth-order valence-electron chi connectivity index (χ4n) is 2.66. The first-order chi connectivity index (χ1) is 14.1. The van der Waals surface area contributed by atoms with Crippen LogP contribution in [0.15, 0.2) is 47.4 Å². The van der Waals surface area contributed by atoms with Crippen LogP contribution in [0.2, 0.25) is 0 Å². The van der Waals surface area contributed by atoms with E-state index in [-0.39, 0.29) is 28.9 Å². The van der Waals surface area contributed by atoms with Crippen molar-refractivity contribution >= 4 is 21.8 Å². The van der Waals surface area contributed by atoms with Crippen LogP contribution in [0, 0.1) is 0 Å². The van der Waals surface area contributed by atoms with E-state index in [0.717, 1.165) is 0 Å². The minimum atomic E-state index is -3.72. The summed E-state index contributed by atoms with van der Waals surface area (Å²) in [7, 11) is -2.23. The first-order valence-electron chi connectivity index (χ1n) is 9.59. The topological polar surface area (TPSA) is 90.0 Å². The zero-order valence-corrected chi connectivity index (χ0v) is 18.7. The van der Waals surface area contributed by atoms with Crippen molar-refractivity contribution in [1.29, 1.82) is 0 Å². The van der Waals surface area contributed by atoms with E-state index in [1.807, 2.05) is 6.92 Å². The molecule has 0 heterocycles. The first-order valence-corrected chi connectivity index (χ1v) is 11.0. The lowest BCUT2D eigenvalue weighted by atomic mass is 10.1. The predicted octanol–water partition coefficient (Wildman–Crippen LogP) is 3.67. The highest BCUT2D eigenvalue weighted by atomic mass is 32.2. The maximum atomic E-state index is 12.7. The summed E-state index contributed by atoms with van der Waals surface area (Å²) in [4.78, 5) is 24.2. The van der Waals surface area contributed by atoms with Crippen LogP contribution in [0.3, 0.4) is 0 Å². The van der Waals surface area contributed by atoms with Gasteiger partial charge in [0.2, 0.25) is 10.0 Å². The van der Waals surface area contributed by atoms with E-state index < -0.39 is 16.0 Å². The summed E-state index contributed by atoms with van der Waals surface area (Å²) < 4.78 is 37.5. The van der Waals surface area contributed by atoms with Crippen molar-refractivity contribution in [3.8, 4) is 5.75 Å². The second kappa shape index (κ2) is 9.86. The molecule has 0 unspecified atom stereocenters. The Kier molecular flexibility index (Phi) is 7.75. The third kappa shape index (κ3) is 5.46. The number of Topliss-reactive ketones (excluding diaryl/α,β-unsaturated/α-hetero) is 1. The van der Waals surface area contributed by atoms with E-state index >= 15 is 0 Å². The molecule has 0 fully saturated rings. The van der Waals surface area contributed by atoms with Crippen molar-refractivity contribution < 1.29 is 27.5 Å². The third-order valence-corrected chi connectivity index (χ3v) is 6.63. The van der Waals surface area contributed by atoms with Crippen LogP contribution in [0.1, 0.15) is 54.0 Å². The molecule has 0 aliphatic heterocycles. The summed E-state index contributed by atoms with van der Waals surface area (Å²) in [6, 6.07) is 10.4. The van der Waals surface area contributed by atoms with Gasteiger partial charge < -0.3 is 9.47 Å². The number of ketones is 1. The molecule has 0 atom stereocenters. The van der Waals surface area contributed by atoms with Gasteiger partial charge in [-0.15, -0.1) is 0 Å². The molecule has 7 nitrogen and oxygen atoms in total. The summed E-state index contributed by atoms with van der Waals surface area (Å²) in [6.45, 7) is 7.11. The Morgan fingerprint density at radius 1 is 1.07 bits per heavy atom. The summed E-state index contributed by atoms with van der Waals surface area (Å²) in [5, 5.41) is 0. The van der Waals surface area contributed by atoms with Crippen LogP contribution < -0.4 is 4.74 Å². The standard InChI is InChI=1S/C22H27NO6S/c1-6-28-21-11-10-17(16(4)24)12-19(21)14-29-22(25)18-8-7-9-20(13-18)30(26,27)23(5)15(2)3/h7-13,15H,6,14H2,1-5H3. The zero-order chi connectivity index (χ0) is 22.5. The number of rotatable bonds is 9. The summed E-state index contributed by atoms with van der Waals surface area (Å²) in [5.41, 5.74) is 1.16. The molecule has 0 saturated heterocycles. The van der Waals surface area contributed by atoms with Crippen molar-refractivity contribution in [3.63, 3.8) is 0 Å². The molecule has 0 aromatic heterocycles. The number of hydrogen-bond acceptors (Lipinski definition) is 6. The largest absolute Gasteiger partial charge is 0.493 e. The molecule has 2 rings (SSSR count). The van der Waals surface area contributed by atoms with Gasteiger partial charge in [-0.2, -0.15) is 4.31 Å². The maximum Gasteiger partial charge on any atom is 0.338 e. The average molecular weight is 434 g/mol. The van der Waals surface area contributed by atoms with Crippen molar-refractivity contribution in [3.05, 3.63) is 59.2 Å². The highest BCUT2D eigenvalue weighted by molar-refractivity contribution is 7.89. The van der Waals surface area contributed by atoms with Gasteiger partial charge in [-0.3, -0.25) is 4.79 Å². The second-order valence-corrected chi connectivity index (χ2v) is 9.03. The van der Waals surface area contributed by atoms with Gasteiger partial charge in [0.15, 0.2) is 5.78 Å². The number of carbonyl (C=O) groups excluding carboxylic acids is 2. The molecule has 0 radical (unpaired) electrons. The lowest BCUT2D eigenvalue weighted by Gasteiger charge is -2.21. The molecular weight excluding hydrogens is 406 g/mol. The Bertz CT molecular complexity index is 1030. The van der Waals surface area contributed by atoms with Gasteiger partial charge in [0.25, 0.3) is 0 Å². The molecule has 30 heavy (non-hydrogen) atoms. The minimum absolute atomic E-state index is 0.0155. The molecule has 0 saturated carbocycles. The number of nitrogens with zero attached hydrogens (tertiary/aromatic N) is 1. The van der Waals surface area contributed by atoms with Crippen LogP contribution in [-0.4, -0.2) is 44.2 Å². The van der Waals surface area contributed by atoms with Crippen LogP contribution in [-0.2, 0) is 21.4 Å². The number of sulfonamides is 1. The summed E-state index contributed by atoms with van der Waals surface area (Å²) in [6.07, 6.45) is 0.